The second-order valence-corrected chi connectivity index (χ2v) is 10.1. The van der Waals surface area contributed by atoms with E-state index in [0.717, 1.165) is 0 Å². The van der Waals surface area contributed by atoms with E-state index in [2.05, 4.69) is 0 Å². The van der Waals surface area contributed by atoms with Crippen LogP contribution >= 0.6 is 69.6 Å². The highest BCUT2D eigenvalue weighted by Gasteiger charge is 2.29. The Balaban J connectivity index is 2.21. The fourth-order valence-corrected chi connectivity index (χ4v) is 4.35. The molecule has 2 aromatic carbocycles. The van der Waals surface area contributed by atoms with E-state index < -0.39 is 11.9 Å². The molecule has 0 spiro atoms. The first-order chi connectivity index (χ1) is 19.1. The normalized spacial score (nSPS) is 10.2. The van der Waals surface area contributed by atoms with Crippen LogP contribution in [0, 0.1) is 0 Å². The molecule has 2 rings (SSSR count). The summed E-state index contributed by atoms with van der Waals surface area (Å²) in [5.41, 5.74) is 0. The fraction of sp³-hybridized carbons (Fsp3) is 0.308. The van der Waals surface area contributed by atoms with Gasteiger partial charge in [0.1, 0.15) is 21.9 Å². The molecule has 0 unspecified atom stereocenters. The molecule has 0 aliphatic carbocycles. The Hall–Kier alpha value is -2.38. The van der Waals surface area contributed by atoms with Gasteiger partial charge in [-0.05, 0) is 62.8 Å². The van der Waals surface area contributed by atoms with Crippen LogP contribution in [0.1, 0.15) is 38.5 Å². The largest absolute Gasteiger partial charge is 0.488 e. The van der Waals surface area contributed by atoms with Gasteiger partial charge in [-0.25, -0.2) is 19.2 Å². The van der Waals surface area contributed by atoms with Gasteiger partial charge in [-0.15, -0.1) is 0 Å². The first-order valence-electron chi connectivity index (χ1n) is 11.6. The van der Waals surface area contributed by atoms with Crippen molar-refractivity contribution in [3.63, 3.8) is 0 Å². The van der Waals surface area contributed by atoms with Gasteiger partial charge in [0, 0.05) is 0 Å². The van der Waals surface area contributed by atoms with Gasteiger partial charge in [0.15, 0.2) is 23.0 Å². The van der Waals surface area contributed by atoms with Crippen LogP contribution in [0.15, 0.2) is 24.3 Å². The third-order valence-corrected chi connectivity index (χ3v) is 6.97. The lowest BCUT2D eigenvalue weighted by molar-refractivity contribution is -0.156. The van der Waals surface area contributed by atoms with Crippen LogP contribution in [0.2, 0.25) is 30.1 Å². The highest BCUT2D eigenvalue weighted by atomic mass is 35.5. The van der Waals surface area contributed by atoms with E-state index in [4.69, 9.17) is 88.6 Å². The monoisotopic (exact) mass is 670 g/mol. The van der Waals surface area contributed by atoms with Crippen LogP contribution in [0.4, 0.5) is 0 Å². The zero-order valence-corrected chi connectivity index (χ0v) is 25.0. The topological polar surface area (TPSA) is 105 Å². The Morgan fingerprint density at radius 3 is 1.32 bits per heavy atom. The quantitative estimate of drug-likeness (QED) is 0.0497. The summed E-state index contributed by atoms with van der Waals surface area (Å²) in [6, 6.07) is 2.40. The maximum atomic E-state index is 12.7. The summed E-state index contributed by atoms with van der Waals surface area (Å²) in [5.74, 6) is -0.744. The molecule has 0 fully saturated rings. The molecule has 0 heterocycles. The average Bonchev–Trinajstić information content (AvgIpc) is 2.92. The lowest BCUT2D eigenvalue weighted by atomic mass is 10.2. The number of esters is 2. The molecular weight excluding hydrogens is 653 g/mol. The summed E-state index contributed by atoms with van der Waals surface area (Å²) in [4.78, 5) is 45.9. The Morgan fingerprint density at radius 2 is 0.975 bits per heavy atom. The summed E-state index contributed by atoms with van der Waals surface area (Å²) in [6.07, 6.45) is 5.87. The van der Waals surface area contributed by atoms with Crippen molar-refractivity contribution in [2.24, 2.45) is 0 Å². The van der Waals surface area contributed by atoms with Gasteiger partial charge in [-0.1, -0.05) is 69.6 Å². The first kappa shape index (κ1) is 33.8. The van der Waals surface area contributed by atoms with Gasteiger partial charge in [0.25, 0.3) is 0 Å². The molecule has 2 aromatic rings. The lowest BCUT2D eigenvalue weighted by Gasteiger charge is -2.17. The molecule has 0 aliphatic rings. The van der Waals surface area contributed by atoms with Gasteiger partial charge in [-0.2, -0.15) is 0 Å². The number of unbranched alkanes of at least 4 members (excludes halogenated alkanes) is 4. The zero-order chi connectivity index (χ0) is 29.7. The minimum atomic E-state index is -1.50. The molecule has 0 N–H and O–H groups in total. The zero-order valence-electron chi connectivity index (χ0n) is 20.5. The van der Waals surface area contributed by atoms with Crippen molar-refractivity contribution < 1.29 is 38.1 Å². The highest BCUT2D eigenvalue weighted by Crippen LogP contribution is 2.47. The second kappa shape index (κ2) is 17.4. The molecule has 0 bridgehead atoms. The van der Waals surface area contributed by atoms with Crippen LogP contribution in [0.5, 0.6) is 23.0 Å². The summed E-state index contributed by atoms with van der Waals surface area (Å²) in [6.45, 7) is 0.201. The highest BCUT2D eigenvalue weighted by molar-refractivity contribution is 6.46. The van der Waals surface area contributed by atoms with Crippen LogP contribution in [-0.2, 0) is 19.2 Å². The smallest absolute Gasteiger partial charge is 0.423 e. The van der Waals surface area contributed by atoms with Crippen molar-refractivity contribution in [1.29, 1.82) is 0 Å². The van der Waals surface area contributed by atoms with Gasteiger partial charge < -0.3 is 18.9 Å². The van der Waals surface area contributed by atoms with Gasteiger partial charge in [0.05, 0.1) is 33.3 Å². The van der Waals surface area contributed by atoms with E-state index in [1.54, 1.807) is 11.9 Å². The fourth-order valence-electron chi connectivity index (χ4n) is 2.99. The Kier molecular flexibility index (Phi) is 14.7. The molecule has 40 heavy (non-hydrogen) atoms. The third-order valence-electron chi connectivity index (χ3n) is 4.87. The van der Waals surface area contributed by atoms with Crippen molar-refractivity contribution in [2.75, 3.05) is 13.2 Å². The van der Waals surface area contributed by atoms with E-state index in [1.807, 2.05) is 0 Å². The SMILES string of the molecule is O=C=CCCCCOc1c(Cl)c(Cl)cc(Cl)c1OC(=O)C(=O)Oc1c(Cl)cc(Cl)c(Cl)c1OCCCCC=C=O. The first-order valence-corrected chi connectivity index (χ1v) is 13.8. The number of carbonyl (C=O) groups excluding carboxylic acids is 4. The summed E-state index contributed by atoms with van der Waals surface area (Å²) < 4.78 is 21.6. The molecule has 14 heteroatoms. The predicted molar refractivity (Wildman–Crippen MR) is 153 cm³/mol. The van der Waals surface area contributed by atoms with Gasteiger partial charge in [-0.3, -0.25) is 0 Å². The minimum Gasteiger partial charge on any atom is -0.488 e. The van der Waals surface area contributed by atoms with Crippen molar-refractivity contribution in [3.05, 3.63) is 54.4 Å². The molecule has 214 valence electrons. The van der Waals surface area contributed by atoms with Crippen molar-refractivity contribution in [3.8, 4) is 23.0 Å². The molecule has 8 nitrogen and oxygen atoms in total. The van der Waals surface area contributed by atoms with Gasteiger partial charge in [0.2, 0.25) is 0 Å². The Morgan fingerprint density at radius 1 is 0.600 bits per heavy atom. The predicted octanol–water partition coefficient (Wildman–Crippen LogP) is 7.99. The lowest BCUT2D eigenvalue weighted by Crippen LogP contribution is -2.26. The molecular formula is C26H20Cl6O8. The third kappa shape index (κ3) is 9.91. The maximum Gasteiger partial charge on any atom is 0.423 e. The Labute approximate surface area is 259 Å². The van der Waals surface area contributed by atoms with Crippen LogP contribution < -0.4 is 18.9 Å². The number of hydrogen-bond donors (Lipinski definition) is 0. The van der Waals surface area contributed by atoms with Crippen molar-refractivity contribution in [2.45, 2.75) is 38.5 Å². The van der Waals surface area contributed by atoms with Crippen LogP contribution in [0.25, 0.3) is 0 Å². The number of allylic oxidation sites excluding steroid dienone is 2. The number of halogens is 6. The van der Waals surface area contributed by atoms with E-state index >= 15 is 0 Å². The van der Waals surface area contributed by atoms with Crippen LogP contribution in [0.3, 0.4) is 0 Å². The maximum absolute atomic E-state index is 12.7. The van der Waals surface area contributed by atoms with E-state index in [9.17, 15) is 19.2 Å². The average molecular weight is 673 g/mol. The summed E-state index contributed by atoms with van der Waals surface area (Å²) in [7, 11) is 0. The van der Waals surface area contributed by atoms with Crippen LogP contribution in [-0.4, -0.2) is 37.0 Å². The molecule has 0 radical (unpaired) electrons. The summed E-state index contributed by atoms with van der Waals surface area (Å²) >= 11 is 37.0. The number of rotatable bonds is 14. The van der Waals surface area contributed by atoms with Crippen molar-refractivity contribution >= 4 is 93.4 Å². The molecule has 0 saturated heterocycles. The van der Waals surface area contributed by atoms with E-state index in [-0.39, 0.29) is 66.3 Å². The molecule has 0 aromatic heterocycles. The van der Waals surface area contributed by atoms with Gasteiger partial charge >= 0.3 is 11.9 Å². The number of ether oxygens (including phenoxy) is 4. The number of benzene rings is 2. The Bertz CT molecular complexity index is 1230. The summed E-state index contributed by atoms with van der Waals surface area (Å²) in [5, 5.41) is -0.534. The molecule has 0 atom stereocenters. The minimum absolute atomic E-state index is 0.0134. The molecule has 0 saturated carbocycles. The number of carbonyl (C=O) groups is 2. The number of hydrogen-bond acceptors (Lipinski definition) is 8. The van der Waals surface area contributed by atoms with E-state index in [1.165, 1.54) is 24.3 Å². The van der Waals surface area contributed by atoms with E-state index in [0.29, 0.717) is 38.5 Å². The molecule has 0 aliphatic heterocycles. The standard InChI is InChI=1S/C26H20Cl6O8/c27-15-13-17(29)21(23(19(15)31)37-11-7-3-1-5-9-33)39-25(35)26(36)40-22-18(30)14-16(28)20(32)24(22)38-12-8-4-2-6-10-34/h5-6,13-14H,1-4,7-8,11-12H2. The second-order valence-electron chi connectivity index (χ2n) is 7.74. The molecule has 0 amide bonds. The van der Waals surface area contributed by atoms with Crippen molar-refractivity contribution in [1.82, 2.24) is 0 Å².